The first-order valence-electron chi connectivity index (χ1n) is 6.88. The summed E-state index contributed by atoms with van der Waals surface area (Å²) >= 11 is 0. The van der Waals surface area contributed by atoms with Gasteiger partial charge in [-0.2, -0.15) is 0 Å². The lowest BCUT2D eigenvalue weighted by molar-refractivity contribution is -0.112. The van der Waals surface area contributed by atoms with E-state index in [4.69, 9.17) is 0 Å². The van der Waals surface area contributed by atoms with Crippen LogP contribution in [0.1, 0.15) is 46.0 Å². The van der Waals surface area contributed by atoms with Gasteiger partial charge in [0.2, 0.25) is 0 Å². The predicted molar refractivity (Wildman–Crippen MR) is 66.3 cm³/mol. The van der Waals surface area contributed by atoms with Crippen LogP contribution in [-0.4, -0.2) is 30.3 Å². The zero-order valence-corrected chi connectivity index (χ0v) is 10.7. The molecule has 0 N–H and O–H groups in total. The lowest BCUT2D eigenvalue weighted by atomic mass is 9.79. The van der Waals surface area contributed by atoms with Crippen LogP contribution in [0.4, 0.5) is 0 Å². The van der Waals surface area contributed by atoms with Crippen molar-refractivity contribution in [2.24, 2.45) is 17.8 Å². The Bertz CT molecular complexity index is 223. The second-order valence-electron chi connectivity index (χ2n) is 6.08. The maximum absolute atomic E-state index is 10.7. The molecule has 1 aliphatic carbocycles. The summed E-state index contributed by atoms with van der Waals surface area (Å²) < 4.78 is 0. The molecule has 1 aliphatic heterocycles. The van der Waals surface area contributed by atoms with Crippen molar-refractivity contribution >= 4 is 6.29 Å². The summed E-state index contributed by atoms with van der Waals surface area (Å²) in [7, 11) is 0. The topological polar surface area (TPSA) is 20.3 Å². The smallest absolute Gasteiger partial charge is 0.123 e. The van der Waals surface area contributed by atoms with Crippen molar-refractivity contribution in [2.45, 2.75) is 52.0 Å². The van der Waals surface area contributed by atoms with E-state index in [1.54, 1.807) is 0 Å². The van der Waals surface area contributed by atoms with Gasteiger partial charge in [0.15, 0.2) is 0 Å². The number of carbonyl (C=O) groups excluding carboxylic acids is 1. The van der Waals surface area contributed by atoms with E-state index < -0.39 is 0 Å². The molecule has 1 heterocycles. The number of nitrogens with zero attached hydrogens (tertiary/aromatic N) is 1. The lowest BCUT2D eigenvalue weighted by Gasteiger charge is -2.41. The average molecular weight is 223 g/mol. The largest absolute Gasteiger partial charge is 0.303 e. The van der Waals surface area contributed by atoms with Gasteiger partial charge in [-0.1, -0.05) is 13.8 Å². The van der Waals surface area contributed by atoms with Crippen LogP contribution in [0.5, 0.6) is 0 Å². The number of carbonyl (C=O) groups is 1. The number of likely N-dealkylation sites (tertiary alicyclic amines) is 1. The molecule has 0 aromatic heterocycles. The van der Waals surface area contributed by atoms with E-state index in [9.17, 15) is 4.79 Å². The SMILES string of the molecule is CC1CC(C)CC(N2CCC(C=O)CC2)C1. The summed E-state index contributed by atoms with van der Waals surface area (Å²) in [5, 5.41) is 0. The first-order chi connectivity index (χ1) is 7.69. The summed E-state index contributed by atoms with van der Waals surface area (Å²) in [6.07, 6.45) is 7.47. The second-order valence-corrected chi connectivity index (χ2v) is 6.08. The predicted octanol–water partition coefficient (Wildman–Crippen LogP) is 2.72. The quantitative estimate of drug-likeness (QED) is 0.671. The number of hydrogen-bond donors (Lipinski definition) is 0. The first-order valence-corrected chi connectivity index (χ1v) is 6.88. The van der Waals surface area contributed by atoms with E-state index >= 15 is 0 Å². The van der Waals surface area contributed by atoms with Gasteiger partial charge < -0.3 is 9.69 Å². The molecule has 0 aromatic rings. The van der Waals surface area contributed by atoms with Crippen LogP contribution in [0.3, 0.4) is 0 Å². The summed E-state index contributed by atoms with van der Waals surface area (Å²) in [6.45, 7) is 7.07. The molecule has 2 nitrogen and oxygen atoms in total. The highest BCUT2D eigenvalue weighted by Crippen LogP contribution is 2.33. The second kappa shape index (κ2) is 5.31. The highest BCUT2D eigenvalue weighted by atomic mass is 16.1. The fraction of sp³-hybridized carbons (Fsp3) is 0.929. The van der Waals surface area contributed by atoms with Gasteiger partial charge in [-0.25, -0.2) is 0 Å². The molecule has 2 rings (SSSR count). The Labute approximate surface area is 99.4 Å². The highest BCUT2D eigenvalue weighted by Gasteiger charge is 2.30. The van der Waals surface area contributed by atoms with Gasteiger partial charge in [0, 0.05) is 12.0 Å². The molecular formula is C14H25NO. The average Bonchev–Trinajstić information content (AvgIpc) is 2.28. The monoisotopic (exact) mass is 223 g/mol. The minimum Gasteiger partial charge on any atom is -0.303 e. The molecule has 0 spiro atoms. The third-order valence-electron chi connectivity index (χ3n) is 4.44. The Balaban J connectivity index is 1.86. The summed E-state index contributed by atoms with van der Waals surface area (Å²) in [5.74, 6) is 2.12. The van der Waals surface area contributed by atoms with Gasteiger partial charge in [0.25, 0.3) is 0 Å². The first kappa shape index (κ1) is 12.1. The Morgan fingerprint density at radius 1 is 1.00 bits per heavy atom. The van der Waals surface area contributed by atoms with Crippen molar-refractivity contribution in [3.63, 3.8) is 0 Å². The summed E-state index contributed by atoms with van der Waals surface area (Å²) in [6, 6.07) is 0.798. The normalized spacial score (nSPS) is 38.5. The molecule has 2 fully saturated rings. The number of rotatable bonds is 2. The van der Waals surface area contributed by atoms with Crippen LogP contribution in [-0.2, 0) is 4.79 Å². The van der Waals surface area contributed by atoms with Crippen molar-refractivity contribution in [1.82, 2.24) is 4.90 Å². The number of hydrogen-bond acceptors (Lipinski definition) is 2. The molecule has 2 aliphatic rings. The Hall–Kier alpha value is -0.370. The van der Waals surface area contributed by atoms with Crippen molar-refractivity contribution in [1.29, 1.82) is 0 Å². The van der Waals surface area contributed by atoms with E-state index in [-0.39, 0.29) is 0 Å². The standard InChI is InChI=1S/C14H25NO/c1-11-7-12(2)9-14(8-11)15-5-3-13(10-16)4-6-15/h10-14H,3-9H2,1-2H3. The fourth-order valence-corrected chi connectivity index (χ4v) is 3.62. The molecule has 1 saturated carbocycles. The van der Waals surface area contributed by atoms with E-state index in [1.807, 2.05) is 0 Å². The Kier molecular flexibility index (Phi) is 4.01. The zero-order chi connectivity index (χ0) is 11.5. The minimum atomic E-state index is 0.342. The third-order valence-corrected chi connectivity index (χ3v) is 4.44. The van der Waals surface area contributed by atoms with Crippen LogP contribution in [0.25, 0.3) is 0 Å². The van der Waals surface area contributed by atoms with E-state index in [0.29, 0.717) is 5.92 Å². The lowest BCUT2D eigenvalue weighted by Crippen LogP contribution is -2.45. The molecule has 0 radical (unpaired) electrons. The van der Waals surface area contributed by atoms with Gasteiger partial charge >= 0.3 is 0 Å². The minimum absolute atomic E-state index is 0.342. The van der Waals surface area contributed by atoms with Crippen molar-refractivity contribution in [2.75, 3.05) is 13.1 Å². The van der Waals surface area contributed by atoms with Gasteiger partial charge in [-0.05, 0) is 57.0 Å². The van der Waals surface area contributed by atoms with Crippen LogP contribution in [0.15, 0.2) is 0 Å². The maximum Gasteiger partial charge on any atom is 0.123 e. The molecule has 0 amide bonds. The van der Waals surface area contributed by atoms with Gasteiger partial charge in [0.1, 0.15) is 6.29 Å². The molecule has 2 unspecified atom stereocenters. The highest BCUT2D eigenvalue weighted by molar-refractivity contribution is 5.53. The maximum atomic E-state index is 10.7. The molecule has 2 atom stereocenters. The van der Waals surface area contributed by atoms with Crippen molar-refractivity contribution in [3.05, 3.63) is 0 Å². The summed E-state index contributed by atoms with van der Waals surface area (Å²) in [4.78, 5) is 13.4. The van der Waals surface area contributed by atoms with Crippen LogP contribution < -0.4 is 0 Å². The third kappa shape index (κ3) is 2.85. The fourth-order valence-electron chi connectivity index (χ4n) is 3.62. The molecule has 92 valence electrons. The zero-order valence-electron chi connectivity index (χ0n) is 10.7. The molecule has 0 aromatic carbocycles. The van der Waals surface area contributed by atoms with E-state index in [1.165, 1.54) is 19.3 Å². The van der Waals surface area contributed by atoms with Gasteiger partial charge in [-0.15, -0.1) is 0 Å². The van der Waals surface area contributed by atoms with E-state index in [2.05, 4.69) is 18.7 Å². The Morgan fingerprint density at radius 2 is 1.56 bits per heavy atom. The van der Waals surface area contributed by atoms with Crippen LogP contribution in [0.2, 0.25) is 0 Å². The van der Waals surface area contributed by atoms with Gasteiger partial charge in [0.05, 0.1) is 0 Å². The molecular weight excluding hydrogens is 198 g/mol. The summed E-state index contributed by atoms with van der Waals surface area (Å²) in [5.41, 5.74) is 0. The number of aldehydes is 1. The molecule has 1 saturated heterocycles. The van der Waals surface area contributed by atoms with Crippen molar-refractivity contribution < 1.29 is 4.79 Å². The number of piperidine rings is 1. The van der Waals surface area contributed by atoms with Crippen molar-refractivity contribution in [3.8, 4) is 0 Å². The molecule has 16 heavy (non-hydrogen) atoms. The van der Waals surface area contributed by atoms with Crippen LogP contribution in [0, 0.1) is 17.8 Å². The van der Waals surface area contributed by atoms with Gasteiger partial charge in [-0.3, -0.25) is 0 Å². The Morgan fingerprint density at radius 3 is 2.06 bits per heavy atom. The van der Waals surface area contributed by atoms with E-state index in [0.717, 1.165) is 50.1 Å². The molecule has 2 heteroatoms. The van der Waals surface area contributed by atoms with Crippen LogP contribution >= 0.6 is 0 Å². The molecule has 0 bridgehead atoms.